The van der Waals surface area contributed by atoms with Crippen LogP contribution in [-0.4, -0.2) is 28.3 Å². The molecular formula is C25H27FN2O. The molecule has 2 aliphatic heterocycles. The molecule has 2 aromatic carbocycles. The molecule has 1 fully saturated rings. The van der Waals surface area contributed by atoms with Crippen LogP contribution in [0.2, 0.25) is 0 Å². The first-order chi connectivity index (χ1) is 14.2. The van der Waals surface area contributed by atoms with Crippen LogP contribution in [0.15, 0.2) is 48.5 Å². The molecule has 1 aromatic heterocycles. The summed E-state index contributed by atoms with van der Waals surface area (Å²) in [5.41, 5.74) is 4.82. The van der Waals surface area contributed by atoms with Crippen LogP contribution in [-0.2, 0) is 6.42 Å². The third kappa shape index (κ3) is 3.51. The number of carbonyl (C=O) groups excluding carboxylic acids is 1. The molecule has 5 rings (SSSR count). The Balaban J connectivity index is 1.25. The van der Waals surface area contributed by atoms with Gasteiger partial charge in [-0.25, -0.2) is 4.39 Å². The number of aromatic nitrogens is 1. The lowest BCUT2D eigenvalue weighted by atomic mass is 9.82. The number of nitrogens with one attached hydrogen (secondary N) is 1. The second kappa shape index (κ2) is 7.75. The lowest BCUT2D eigenvalue weighted by Gasteiger charge is -2.46. The van der Waals surface area contributed by atoms with E-state index in [1.807, 2.05) is 0 Å². The van der Waals surface area contributed by atoms with Gasteiger partial charge >= 0.3 is 0 Å². The number of piperidine rings is 1. The molecule has 3 nitrogen and oxygen atoms in total. The van der Waals surface area contributed by atoms with Gasteiger partial charge in [-0.2, -0.15) is 0 Å². The second-order valence-electron chi connectivity index (χ2n) is 8.49. The molecule has 2 atom stereocenters. The number of rotatable bonds is 6. The fourth-order valence-electron chi connectivity index (χ4n) is 5.36. The standard InChI is InChI=1S/C25H27FN2O/c26-18-13-11-17(12-14-18)24(29)10-3-4-15-28-19-6-5-9-23(28)25-20-7-1-2-8-21(20)27-22(25)16-19/h1-2,7-8,11-14,19,23,27H,3-6,9-10,15-16H2. The van der Waals surface area contributed by atoms with E-state index >= 15 is 0 Å². The summed E-state index contributed by atoms with van der Waals surface area (Å²) < 4.78 is 13.0. The molecule has 1 saturated heterocycles. The first-order valence-corrected chi connectivity index (χ1v) is 10.8. The zero-order valence-electron chi connectivity index (χ0n) is 16.7. The summed E-state index contributed by atoms with van der Waals surface area (Å²) in [5.74, 6) is -0.183. The Hall–Kier alpha value is -2.46. The molecule has 0 radical (unpaired) electrons. The minimum atomic E-state index is -0.296. The molecule has 2 aliphatic rings. The molecule has 2 bridgehead atoms. The van der Waals surface area contributed by atoms with Crippen molar-refractivity contribution >= 4 is 16.7 Å². The van der Waals surface area contributed by atoms with Crippen molar-refractivity contribution < 1.29 is 9.18 Å². The van der Waals surface area contributed by atoms with Crippen LogP contribution in [0.1, 0.15) is 66.2 Å². The number of Topliss-reactive ketones (excluding diaryl/α,β-unsaturated/α-hetero) is 1. The summed E-state index contributed by atoms with van der Waals surface area (Å²) in [4.78, 5) is 18.7. The highest BCUT2D eigenvalue weighted by molar-refractivity contribution is 5.95. The average Bonchev–Trinajstić information content (AvgIpc) is 3.09. The molecule has 0 saturated carbocycles. The Morgan fingerprint density at radius 3 is 2.76 bits per heavy atom. The smallest absolute Gasteiger partial charge is 0.162 e. The van der Waals surface area contributed by atoms with Crippen molar-refractivity contribution in [3.63, 3.8) is 0 Å². The lowest BCUT2D eigenvalue weighted by Crippen LogP contribution is -2.46. The minimum absolute atomic E-state index is 0.114. The number of fused-ring (bicyclic) bond motifs is 6. The number of para-hydroxylation sites is 1. The maximum absolute atomic E-state index is 13.0. The molecule has 0 aliphatic carbocycles. The maximum atomic E-state index is 13.0. The van der Waals surface area contributed by atoms with Crippen molar-refractivity contribution in [2.75, 3.05) is 6.54 Å². The Bertz CT molecular complexity index is 1020. The third-order valence-corrected chi connectivity index (χ3v) is 6.72. The van der Waals surface area contributed by atoms with E-state index in [2.05, 4.69) is 34.1 Å². The largest absolute Gasteiger partial charge is 0.358 e. The van der Waals surface area contributed by atoms with Gasteiger partial charge < -0.3 is 4.98 Å². The molecule has 29 heavy (non-hydrogen) atoms. The molecule has 0 spiro atoms. The van der Waals surface area contributed by atoms with Gasteiger partial charge in [0.15, 0.2) is 5.78 Å². The number of H-pyrrole nitrogens is 1. The van der Waals surface area contributed by atoms with Crippen LogP contribution in [0, 0.1) is 5.82 Å². The monoisotopic (exact) mass is 390 g/mol. The predicted molar refractivity (Wildman–Crippen MR) is 114 cm³/mol. The van der Waals surface area contributed by atoms with Gasteiger partial charge in [-0.15, -0.1) is 0 Å². The fraction of sp³-hybridized carbons (Fsp3) is 0.400. The molecule has 1 N–H and O–H groups in total. The summed E-state index contributed by atoms with van der Waals surface area (Å²) in [6.45, 7) is 1.05. The van der Waals surface area contributed by atoms with E-state index in [0.717, 1.165) is 25.8 Å². The summed E-state index contributed by atoms with van der Waals surface area (Å²) in [6.07, 6.45) is 7.33. The second-order valence-corrected chi connectivity index (χ2v) is 8.49. The topological polar surface area (TPSA) is 36.1 Å². The van der Waals surface area contributed by atoms with Crippen LogP contribution < -0.4 is 0 Å². The molecule has 3 heterocycles. The maximum Gasteiger partial charge on any atom is 0.162 e. The van der Waals surface area contributed by atoms with Crippen molar-refractivity contribution in [2.24, 2.45) is 0 Å². The Labute approximate surface area is 170 Å². The van der Waals surface area contributed by atoms with Crippen LogP contribution in [0.25, 0.3) is 10.9 Å². The van der Waals surface area contributed by atoms with E-state index in [1.165, 1.54) is 53.6 Å². The third-order valence-electron chi connectivity index (χ3n) is 6.72. The van der Waals surface area contributed by atoms with Crippen molar-refractivity contribution in [3.05, 3.63) is 71.2 Å². The highest BCUT2D eigenvalue weighted by Gasteiger charge is 2.38. The first-order valence-electron chi connectivity index (χ1n) is 10.8. The van der Waals surface area contributed by atoms with Crippen molar-refractivity contribution in [1.29, 1.82) is 0 Å². The number of unbranched alkanes of at least 4 members (excludes halogenated alkanes) is 1. The van der Waals surface area contributed by atoms with E-state index in [1.54, 1.807) is 12.1 Å². The molecule has 2 unspecified atom stereocenters. The highest BCUT2D eigenvalue weighted by atomic mass is 19.1. The van der Waals surface area contributed by atoms with Crippen LogP contribution in [0.3, 0.4) is 0 Å². The zero-order chi connectivity index (χ0) is 19.8. The van der Waals surface area contributed by atoms with Gasteiger partial charge in [0.2, 0.25) is 0 Å². The van der Waals surface area contributed by atoms with Gasteiger partial charge in [0.05, 0.1) is 0 Å². The lowest BCUT2D eigenvalue weighted by molar-refractivity contribution is 0.0671. The summed E-state index contributed by atoms with van der Waals surface area (Å²) >= 11 is 0. The SMILES string of the molecule is O=C(CCCCN1C2CCCC1c1c([nH]c3ccccc13)C2)c1ccc(F)cc1. The number of ketones is 1. The predicted octanol–water partition coefficient (Wildman–Crippen LogP) is 5.81. The molecule has 150 valence electrons. The number of hydrogen-bond donors (Lipinski definition) is 1. The number of carbonyl (C=O) groups is 1. The van der Waals surface area contributed by atoms with Crippen LogP contribution in [0.4, 0.5) is 4.39 Å². The number of nitrogens with zero attached hydrogens (tertiary/aromatic N) is 1. The van der Waals surface area contributed by atoms with Gasteiger partial charge in [-0.3, -0.25) is 9.69 Å². The van der Waals surface area contributed by atoms with Gasteiger partial charge in [0.25, 0.3) is 0 Å². The van der Waals surface area contributed by atoms with E-state index in [0.29, 0.717) is 24.1 Å². The fourth-order valence-corrected chi connectivity index (χ4v) is 5.36. The van der Waals surface area contributed by atoms with Crippen molar-refractivity contribution in [1.82, 2.24) is 9.88 Å². The van der Waals surface area contributed by atoms with Gasteiger partial charge in [0.1, 0.15) is 5.82 Å². The molecule has 3 aromatic rings. The van der Waals surface area contributed by atoms with Crippen molar-refractivity contribution in [2.45, 2.75) is 57.0 Å². The van der Waals surface area contributed by atoms with E-state index in [-0.39, 0.29) is 11.6 Å². The van der Waals surface area contributed by atoms with Gasteiger partial charge in [0, 0.05) is 47.1 Å². The zero-order valence-corrected chi connectivity index (χ0v) is 16.7. The Morgan fingerprint density at radius 1 is 1.07 bits per heavy atom. The number of halogens is 1. The average molecular weight is 391 g/mol. The van der Waals surface area contributed by atoms with Crippen molar-refractivity contribution in [3.8, 4) is 0 Å². The number of benzene rings is 2. The van der Waals surface area contributed by atoms with Gasteiger partial charge in [-0.05, 0) is 74.5 Å². The minimum Gasteiger partial charge on any atom is -0.358 e. The Kier molecular flexibility index (Phi) is 4.96. The highest BCUT2D eigenvalue weighted by Crippen LogP contribution is 2.44. The Morgan fingerprint density at radius 2 is 1.90 bits per heavy atom. The molecular weight excluding hydrogens is 363 g/mol. The van der Waals surface area contributed by atoms with Gasteiger partial charge in [-0.1, -0.05) is 18.2 Å². The summed E-state index contributed by atoms with van der Waals surface area (Å²) in [5, 5.41) is 1.38. The van der Waals surface area contributed by atoms with Crippen LogP contribution in [0.5, 0.6) is 0 Å². The molecule has 0 amide bonds. The summed E-state index contributed by atoms with van der Waals surface area (Å²) in [6, 6.07) is 15.7. The quantitative estimate of drug-likeness (QED) is 0.426. The van der Waals surface area contributed by atoms with E-state index < -0.39 is 0 Å². The number of aromatic amines is 1. The number of hydrogen-bond acceptors (Lipinski definition) is 2. The van der Waals surface area contributed by atoms with E-state index in [4.69, 9.17) is 0 Å². The summed E-state index contributed by atoms with van der Waals surface area (Å²) in [7, 11) is 0. The normalized spacial score (nSPS) is 21.3. The first kappa shape index (κ1) is 18.6. The molecule has 4 heteroatoms. The van der Waals surface area contributed by atoms with E-state index in [9.17, 15) is 9.18 Å². The van der Waals surface area contributed by atoms with Crippen LogP contribution >= 0.6 is 0 Å².